The number of para-hydroxylation sites is 1. The van der Waals surface area contributed by atoms with Crippen molar-refractivity contribution < 1.29 is 14.7 Å². The lowest BCUT2D eigenvalue weighted by Gasteiger charge is -2.21. The topological polar surface area (TPSA) is 62.5 Å². The first kappa shape index (κ1) is 12.7. The van der Waals surface area contributed by atoms with E-state index < -0.39 is 12.0 Å². The molecule has 0 radical (unpaired) electrons. The second kappa shape index (κ2) is 4.67. The first-order valence-electron chi connectivity index (χ1n) is 6.67. The molecule has 2 heterocycles. The van der Waals surface area contributed by atoms with Crippen LogP contribution in [0.25, 0.3) is 10.9 Å². The zero-order chi connectivity index (χ0) is 14.3. The van der Waals surface area contributed by atoms with Crippen LogP contribution >= 0.6 is 0 Å². The average molecular weight is 272 g/mol. The number of amides is 1. The van der Waals surface area contributed by atoms with Crippen LogP contribution in [0.5, 0.6) is 0 Å². The highest BCUT2D eigenvalue weighted by molar-refractivity contribution is 6.08. The maximum Gasteiger partial charge on any atom is 0.326 e. The Bertz CT molecular complexity index is 689. The van der Waals surface area contributed by atoms with Gasteiger partial charge >= 0.3 is 5.97 Å². The van der Waals surface area contributed by atoms with E-state index in [0.29, 0.717) is 18.5 Å². The molecular weight excluding hydrogens is 256 g/mol. The highest BCUT2D eigenvalue weighted by atomic mass is 16.4. The SMILES string of the molecule is Cn1cc(C(=O)N2CCC[C@H]2C(=O)O)c2ccccc21. The summed E-state index contributed by atoms with van der Waals surface area (Å²) in [5.41, 5.74) is 1.55. The number of aromatic nitrogens is 1. The van der Waals surface area contributed by atoms with Gasteiger partial charge < -0.3 is 14.6 Å². The molecule has 0 spiro atoms. The largest absolute Gasteiger partial charge is 0.480 e. The molecule has 2 aromatic rings. The number of carbonyl (C=O) groups excluding carboxylic acids is 1. The lowest BCUT2D eigenvalue weighted by atomic mass is 10.1. The smallest absolute Gasteiger partial charge is 0.326 e. The van der Waals surface area contributed by atoms with E-state index in [9.17, 15) is 14.7 Å². The fourth-order valence-electron chi connectivity index (χ4n) is 2.93. The standard InChI is InChI=1S/C15H16N2O3/c1-16-9-11(10-5-2-3-6-12(10)16)14(18)17-8-4-7-13(17)15(19)20/h2-3,5-6,9,13H,4,7-8H2,1H3,(H,19,20)/t13-/m0/s1. The third-order valence-electron chi connectivity index (χ3n) is 3.93. The van der Waals surface area contributed by atoms with Crippen molar-refractivity contribution in [3.63, 3.8) is 0 Å². The van der Waals surface area contributed by atoms with Gasteiger partial charge in [-0.1, -0.05) is 18.2 Å². The van der Waals surface area contributed by atoms with E-state index in [1.54, 1.807) is 6.20 Å². The Morgan fingerprint density at radius 2 is 2.05 bits per heavy atom. The number of carboxylic acid groups (broad SMARTS) is 1. The van der Waals surface area contributed by atoms with Crippen molar-refractivity contribution in [2.75, 3.05) is 6.54 Å². The molecule has 1 aliphatic heterocycles. The van der Waals surface area contributed by atoms with Gasteiger partial charge in [0, 0.05) is 30.7 Å². The molecule has 1 aromatic carbocycles. The zero-order valence-electron chi connectivity index (χ0n) is 11.2. The van der Waals surface area contributed by atoms with E-state index in [4.69, 9.17) is 0 Å². The minimum atomic E-state index is -0.920. The first-order valence-corrected chi connectivity index (χ1v) is 6.67. The van der Waals surface area contributed by atoms with Gasteiger partial charge in [-0.05, 0) is 18.9 Å². The summed E-state index contributed by atoms with van der Waals surface area (Å²) >= 11 is 0. The molecule has 1 N–H and O–H groups in total. The zero-order valence-corrected chi connectivity index (χ0v) is 11.2. The summed E-state index contributed by atoms with van der Waals surface area (Å²) in [5, 5.41) is 10.1. The van der Waals surface area contributed by atoms with Gasteiger partial charge in [-0.25, -0.2) is 4.79 Å². The molecule has 0 unspecified atom stereocenters. The third-order valence-corrected chi connectivity index (χ3v) is 3.93. The Hall–Kier alpha value is -2.30. The van der Waals surface area contributed by atoms with Crippen LogP contribution in [0.3, 0.4) is 0 Å². The van der Waals surface area contributed by atoms with Gasteiger partial charge in [-0.3, -0.25) is 4.79 Å². The summed E-state index contributed by atoms with van der Waals surface area (Å²) in [6.07, 6.45) is 3.06. The average Bonchev–Trinajstić information content (AvgIpc) is 3.04. The Morgan fingerprint density at radius 1 is 1.30 bits per heavy atom. The number of fused-ring (bicyclic) bond motifs is 1. The Kier molecular flexibility index (Phi) is 2.97. The number of hydrogen-bond donors (Lipinski definition) is 1. The quantitative estimate of drug-likeness (QED) is 0.907. The van der Waals surface area contributed by atoms with E-state index in [2.05, 4.69) is 0 Å². The number of nitrogens with zero attached hydrogens (tertiary/aromatic N) is 2. The van der Waals surface area contributed by atoms with Crippen molar-refractivity contribution >= 4 is 22.8 Å². The van der Waals surface area contributed by atoms with E-state index in [-0.39, 0.29) is 5.91 Å². The molecule has 5 nitrogen and oxygen atoms in total. The second-order valence-corrected chi connectivity index (χ2v) is 5.17. The van der Waals surface area contributed by atoms with E-state index in [0.717, 1.165) is 17.3 Å². The summed E-state index contributed by atoms with van der Waals surface area (Å²) in [6.45, 7) is 0.513. The fourth-order valence-corrected chi connectivity index (χ4v) is 2.93. The molecule has 104 valence electrons. The predicted molar refractivity (Wildman–Crippen MR) is 74.6 cm³/mol. The highest BCUT2D eigenvalue weighted by Gasteiger charge is 2.35. The molecule has 1 fully saturated rings. The van der Waals surface area contributed by atoms with Crippen LogP contribution in [0.15, 0.2) is 30.5 Å². The minimum absolute atomic E-state index is 0.188. The van der Waals surface area contributed by atoms with Gasteiger partial charge in [0.25, 0.3) is 5.91 Å². The molecule has 0 aliphatic carbocycles. The molecular formula is C15H16N2O3. The Balaban J connectivity index is 2.03. The van der Waals surface area contributed by atoms with Crippen molar-refractivity contribution in [3.05, 3.63) is 36.0 Å². The monoisotopic (exact) mass is 272 g/mol. The number of aryl methyl sites for hydroxylation is 1. The van der Waals surface area contributed by atoms with E-state index in [1.165, 1.54) is 4.90 Å². The van der Waals surface area contributed by atoms with Gasteiger partial charge in [0.2, 0.25) is 0 Å². The summed E-state index contributed by atoms with van der Waals surface area (Å²) in [5.74, 6) is -1.11. The minimum Gasteiger partial charge on any atom is -0.480 e. The first-order chi connectivity index (χ1) is 9.59. The Morgan fingerprint density at radius 3 is 2.80 bits per heavy atom. The predicted octanol–water partition coefficient (Wildman–Crippen LogP) is 1.87. The van der Waals surface area contributed by atoms with E-state index in [1.807, 2.05) is 35.9 Å². The van der Waals surface area contributed by atoms with Crippen molar-refractivity contribution in [3.8, 4) is 0 Å². The van der Waals surface area contributed by atoms with Crippen LogP contribution in [0.1, 0.15) is 23.2 Å². The third kappa shape index (κ3) is 1.86. The number of rotatable bonds is 2. The lowest BCUT2D eigenvalue weighted by molar-refractivity contribution is -0.141. The van der Waals surface area contributed by atoms with Crippen LogP contribution in [-0.4, -0.2) is 39.0 Å². The number of aliphatic carboxylic acids is 1. The van der Waals surface area contributed by atoms with Gasteiger partial charge in [0.1, 0.15) is 6.04 Å². The van der Waals surface area contributed by atoms with Crippen LogP contribution in [-0.2, 0) is 11.8 Å². The van der Waals surface area contributed by atoms with Gasteiger partial charge in [-0.15, -0.1) is 0 Å². The maximum absolute atomic E-state index is 12.6. The van der Waals surface area contributed by atoms with Crippen LogP contribution in [0.2, 0.25) is 0 Å². The number of carboxylic acids is 1. The molecule has 1 aliphatic rings. The van der Waals surface area contributed by atoms with Crippen molar-refractivity contribution in [2.24, 2.45) is 7.05 Å². The van der Waals surface area contributed by atoms with Crippen LogP contribution < -0.4 is 0 Å². The molecule has 1 atom stereocenters. The van der Waals surface area contributed by atoms with Crippen molar-refractivity contribution in [2.45, 2.75) is 18.9 Å². The van der Waals surface area contributed by atoms with Gasteiger partial charge in [0.05, 0.1) is 5.56 Å². The summed E-state index contributed by atoms with van der Waals surface area (Å²) in [6, 6.07) is 6.96. The number of carbonyl (C=O) groups is 2. The van der Waals surface area contributed by atoms with Crippen molar-refractivity contribution in [1.29, 1.82) is 0 Å². The van der Waals surface area contributed by atoms with E-state index >= 15 is 0 Å². The molecule has 1 amide bonds. The lowest BCUT2D eigenvalue weighted by Crippen LogP contribution is -2.40. The fraction of sp³-hybridized carbons (Fsp3) is 0.333. The summed E-state index contributed by atoms with van der Waals surface area (Å²) in [4.78, 5) is 25.3. The van der Waals surface area contributed by atoms with Crippen LogP contribution in [0, 0.1) is 0 Å². The molecule has 1 aromatic heterocycles. The summed E-state index contributed by atoms with van der Waals surface area (Å²) in [7, 11) is 1.89. The van der Waals surface area contributed by atoms with Crippen LogP contribution in [0.4, 0.5) is 0 Å². The number of benzene rings is 1. The van der Waals surface area contributed by atoms with Crippen molar-refractivity contribution in [1.82, 2.24) is 9.47 Å². The van der Waals surface area contributed by atoms with Gasteiger partial charge in [0.15, 0.2) is 0 Å². The molecule has 0 bridgehead atoms. The highest BCUT2D eigenvalue weighted by Crippen LogP contribution is 2.25. The van der Waals surface area contributed by atoms with Gasteiger partial charge in [-0.2, -0.15) is 0 Å². The maximum atomic E-state index is 12.6. The summed E-state index contributed by atoms with van der Waals surface area (Å²) < 4.78 is 1.90. The molecule has 0 saturated carbocycles. The molecule has 5 heteroatoms. The Labute approximate surface area is 116 Å². The molecule has 3 rings (SSSR count). The number of likely N-dealkylation sites (tertiary alicyclic amines) is 1. The second-order valence-electron chi connectivity index (χ2n) is 5.17. The number of hydrogen-bond acceptors (Lipinski definition) is 2. The molecule has 20 heavy (non-hydrogen) atoms. The molecule has 1 saturated heterocycles. The normalized spacial score (nSPS) is 18.6.